The van der Waals surface area contributed by atoms with Crippen LogP contribution < -0.4 is 10.0 Å². The Hall–Kier alpha value is -1.70. The van der Waals surface area contributed by atoms with Gasteiger partial charge in [0.1, 0.15) is 0 Å². The van der Waals surface area contributed by atoms with Crippen molar-refractivity contribution < 1.29 is 13.2 Å². The van der Waals surface area contributed by atoms with Gasteiger partial charge in [0, 0.05) is 28.6 Å². The number of hydrogen-bond donors (Lipinski definition) is 2. The molecule has 1 amide bonds. The Kier molecular flexibility index (Phi) is 7.37. The Morgan fingerprint density at radius 1 is 1.19 bits per heavy atom. The van der Waals surface area contributed by atoms with E-state index in [9.17, 15) is 13.2 Å². The fraction of sp³-hybridized carbons (Fsp3) is 0.278. The number of aryl methyl sites for hydroxylation is 1. The van der Waals surface area contributed by atoms with Gasteiger partial charge < -0.3 is 5.32 Å². The van der Waals surface area contributed by atoms with E-state index in [4.69, 9.17) is 11.6 Å². The van der Waals surface area contributed by atoms with E-state index in [0.717, 1.165) is 28.9 Å². The zero-order chi connectivity index (χ0) is 19.2. The van der Waals surface area contributed by atoms with Crippen LogP contribution in [0.3, 0.4) is 0 Å². The van der Waals surface area contributed by atoms with Crippen molar-refractivity contribution in [3.8, 4) is 0 Å². The fourth-order valence-corrected chi connectivity index (χ4v) is 3.87. The van der Waals surface area contributed by atoms with Crippen LogP contribution in [-0.2, 0) is 15.8 Å². The summed E-state index contributed by atoms with van der Waals surface area (Å²) in [7, 11) is -3.39. The van der Waals surface area contributed by atoms with Gasteiger partial charge in [-0.15, -0.1) is 0 Å². The summed E-state index contributed by atoms with van der Waals surface area (Å²) in [5, 5.41) is 3.56. The van der Waals surface area contributed by atoms with E-state index in [1.807, 2.05) is 24.3 Å². The number of anilines is 1. The molecule has 26 heavy (non-hydrogen) atoms. The Labute approximate surface area is 163 Å². The van der Waals surface area contributed by atoms with Gasteiger partial charge in [-0.2, -0.15) is 11.8 Å². The van der Waals surface area contributed by atoms with Crippen molar-refractivity contribution in [2.24, 2.45) is 0 Å². The van der Waals surface area contributed by atoms with Crippen molar-refractivity contribution in [2.45, 2.75) is 12.7 Å². The lowest BCUT2D eigenvalue weighted by molar-refractivity contribution is 0.0956. The third-order valence-electron chi connectivity index (χ3n) is 3.48. The molecule has 8 heteroatoms. The topological polar surface area (TPSA) is 75.3 Å². The zero-order valence-electron chi connectivity index (χ0n) is 14.6. The second kappa shape index (κ2) is 9.30. The summed E-state index contributed by atoms with van der Waals surface area (Å²) >= 11 is 7.65. The predicted octanol–water partition coefficient (Wildman–Crippen LogP) is 3.68. The van der Waals surface area contributed by atoms with E-state index >= 15 is 0 Å². The van der Waals surface area contributed by atoms with Crippen LogP contribution >= 0.6 is 23.4 Å². The standard InChI is InChI=1S/C18H21ClN2O3S2/c1-13-6-7-15(11-17(13)21-26(2,23)24)18(22)20-8-9-25-12-14-4-3-5-16(19)10-14/h3-7,10-11,21H,8-9,12H2,1-2H3,(H,20,22). The summed E-state index contributed by atoms with van der Waals surface area (Å²) in [5.74, 6) is 1.35. The molecule has 2 N–H and O–H groups in total. The number of carbonyl (C=O) groups is 1. The maximum Gasteiger partial charge on any atom is 0.251 e. The number of halogens is 1. The molecule has 0 aliphatic heterocycles. The van der Waals surface area contributed by atoms with Gasteiger partial charge in [0.05, 0.1) is 11.9 Å². The van der Waals surface area contributed by atoms with E-state index < -0.39 is 10.0 Å². The average Bonchev–Trinajstić information content (AvgIpc) is 2.55. The minimum Gasteiger partial charge on any atom is -0.351 e. The molecule has 0 aliphatic rings. The number of nitrogens with one attached hydrogen (secondary N) is 2. The first-order chi connectivity index (χ1) is 12.2. The second-order valence-corrected chi connectivity index (χ2v) is 9.13. The number of thioether (sulfide) groups is 1. The largest absolute Gasteiger partial charge is 0.351 e. The maximum absolute atomic E-state index is 12.2. The molecule has 2 rings (SSSR count). The fourth-order valence-electron chi connectivity index (χ4n) is 2.23. The lowest BCUT2D eigenvalue weighted by atomic mass is 10.1. The van der Waals surface area contributed by atoms with Crippen molar-refractivity contribution in [3.63, 3.8) is 0 Å². The molecule has 140 valence electrons. The third kappa shape index (κ3) is 6.90. The molecule has 2 aromatic carbocycles. The Bertz CT molecular complexity index is 886. The summed E-state index contributed by atoms with van der Waals surface area (Å²) in [6, 6.07) is 12.6. The van der Waals surface area contributed by atoms with Crippen LogP contribution in [0, 0.1) is 6.92 Å². The van der Waals surface area contributed by atoms with Crippen molar-refractivity contribution in [3.05, 3.63) is 64.2 Å². The molecule has 0 spiro atoms. The van der Waals surface area contributed by atoms with Gasteiger partial charge in [0.15, 0.2) is 0 Å². The molecular formula is C18H21ClN2O3S2. The highest BCUT2D eigenvalue weighted by molar-refractivity contribution is 7.98. The lowest BCUT2D eigenvalue weighted by Crippen LogP contribution is -2.26. The summed E-state index contributed by atoms with van der Waals surface area (Å²) in [6.07, 6.45) is 1.08. The molecule has 2 aromatic rings. The monoisotopic (exact) mass is 412 g/mol. The molecule has 0 bridgehead atoms. The van der Waals surface area contributed by atoms with Crippen molar-refractivity contribution in [1.29, 1.82) is 0 Å². The van der Waals surface area contributed by atoms with Crippen LogP contribution in [0.4, 0.5) is 5.69 Å². The van der Waals surface area contributed by atoms with Crippen LogP contribution in [0.2, 0.25) is 5.02 Å². The third-order valence-corrected chi connectivity index (χ3v) is 5.34. The first-order valence-corrected chi connectivity index (χ1v) is 11.4. The van der Waals surface area contributed by atoms with E-state index in [1.54, 1.807) is 36.9 Å². The van der Waals surface area contributed by atoms with Crippen molar-refractivity contribution in [2.75, 3.05) is 23.3 Å². The highest BCUT2D eigenvalue weighted by Gasteiger charge is 2.10. The molecular weight excluding hydrogens is 392 g/mol. The maximum atomic E-state index is 12.2. The Morgan fingerprint density at radius 2 is 1.96 bits per heavy atom. The number of benzene rings is 2. The van der Waals surface area contributed by atoms with E-state index in [-0.39, 0.29) is 5.91 Å². The molecule has 0 heterocycles. The lowest BCUT2D eigenvalue weighted by Gasteiger charge is -2.10. The number of hydrogen-bond acceptors (Lipinski definition) is 4. The summed E-state index contributed by atoms with van der Waals surface area (Å²) in [5.41, 5.74) is 2.73. The molecule has 0 fully saturated rings. The van der Waals surface area contributed by atoms with Gasteiger partial charge in [-0.25, -0.2) is 8.42 Å². The Morgan fingerprint density at radius 3 is 2.65 bits per heavy atom. The van der Waals surface area contributed by atoms with Gasteiger partial charge in [-0.05, 0) is 42.3 Å². The van der Waals surface area contributed by atoms with E-state index in [0.29, 0.717) is 22.8 Å². The van der Waals surface area contributed by atoms with Gasteiger partial charge in [-0.1, -0.05) is 29.8 Å². The van der Waals surface area contributed by atoms with Crippen LogP contribution in [0.5, 0.6) is 0 Å². The number of amides is 1. The molecule has 0 radical (unpaired) electrons. The van der Waals surface area contributed by atoms with Gasteiger partial charge in [0.2, 0.25) is 10.0 Å². The van der Waals surface area contributed by atoms with Crippen LogP contribution in [0.25, 0.3) is 0 Å². The number of sulfonamides is 1. The number of carbonyl (C=O) groups excluding carboxylic acids is 1. The zero-order valence-corrected chi connectivity index (χ0v) is 17.0. The molecule has 0 aliphatic carbocycles. The van der Waals surface area contributed by atoms with Crippen LogP contribution in [0.15, 0.2) is 42.5 Å². The molecule has 0 saturated carbocycles. The smallest absolute Gasteiger partial charge is 0.251 e. The quantitative estimate of drug-likeness (QED) is 0.648. The van der Waals surface area contributed by atoms with Crippen LogP contribution in [0.1, 0.15) is 21.5 Å². The molecule has 0 aromatic heterocycles. The van der Waals surface area contributed by atoms with E-state index in [1.165, 1.54) is 0 Å². The van der Waals surface area contributed by atoms with Gasteiger partial charge >= 0.3 is 0 Å². The minimum atomic E-state index is -3.39. The highest BCUT2D eigenvalue weighted by atomic mass is 35.5. The summed E-state index contributed by atoms with van der Waals surface area (Å²) < 4.78 is 25.2. The SMILES string of the molecule is Cc1ccc(C(=O)NCCSCc2cccc(Cl)c2)cc1NS(C)(=O)=O. The summed E-state index contributed by atoms with van der Waals surface area (Å²) in [4.78, 5) is 12.2. The van der Waals surface area contributed by atoms with Gasteiger partial charge in [0.25, 0.3) is 5.91 Å². The van der Waals surface area contributed by atoms with E-state index in [2.05, 4.69) is 10.0 Å². The van der Waals surface area contributed by atoms with Gasteiger partial charge in [-0.3, -0.25) is 9.52 Å². The molecule has 0 unspecified atom stereocenters. The first-order valence-electron chi connectivity index (χ1n) is 7.93. The molecule has 0 saturated heterocycles. The Balaban J connectivity index is 1.83. The summed E-state index contributed by atoms with van der Waals surface area (Å²) in [6.45, 7) is 2.30. The minimum absolute atomic E-state index is 0.232. The second-order valence-electron chi connectivity index (χ2n) is 5.84. The first kappa shape index (κ1) is 20.6. The molecule has 0 atom stereocenters. The average molecular weight is 413 g/mol. The highest BCUT2D eigenvalue weighted by Crippen LogP contribution is 2.18. The van der Waals surface area contributed by atoms with Crippen LogP contribution in [-0.4, -0.2) is 32.9 Å². The van der Waals surface area contributed by atoms with Crippen molar-refractivity contribution >= 4 is 45.0 Å². The predicted molar refractivity (Wildman–Crippen MR) is 110 cm³/mol. The normalized spacial score (nSPS) is 11.2. The number of rotatable bonds is 8. The molecule has 5 nitrogen and oxygen atoms in total. The van der Waals surface area contributed by atoms with Crippen molar-refractivity contribution in [1.82, 2.24) is 5.32 Å².